The van der Waals surface area contributed by atoms with E-state index in [4.69, 9.17) is 14.2 Å². The maximum atomic E-state index is 12.4. The summed E-state index contributed by atoms with van der Waals surface area (Å²) in [4.78, 5) is 25.8. The van der Waals surface area contributed by atoms with Gasteiger partial charge >= 0.3 is 5.97 Å². The Kier molecular flexibility index (Phi) is 6.96. The minimum Gasteiger partial charge on any atom is -0.486 e. The number of esters is 1. The van der Waals surface area contributed by atoms with Crippen LogP contribution in [0.3, 0.4) is 0 Å². The Hall–Kier alpha value is -2.33. The molecule has 2 aliphatic rings. The topological polar surface area (TPSA) is 111 Å². The summed E-state index contributed by atoms with van der Waals surface area (Å²) in [6.07, 6.45) is 1.38. The number of rotatable bonds is 8. The fourth-order valence-electron chi connectivity index (χ4n) is 3.21. The van der Waals surface area contributed by atoms with Gasteiger partial charge in [0.15, 0.2) is 17.6 Å². The molecule has 0 bridgehead atoms. The van der Waals surface area contributed by atoms with Crippen molar-refractivity contribution in [1.82, 2.24) is 9.62 Å². The average molecular weight is 426 g/mol. The molecule has 0 aliphatic carbocycles. The second-order valence-electron chi connectivity index (χ2n) is 6.97. The van der Waals surface area contributed by atoms with Gasteiger partial charge in [0.05, 0.1) is 4.90 Å². The van der Waals surface area contributed by atoms with E-state index in [1.807, 2.05) is 0 Å². The molecule has 1 saturated heterocycles. The molecule has 2 aliphatic heterocycles. The minimum absolute atomic E-state index is 0.0152. The van der Waals surface area contributed by atoms with E-state index >= 15 is 0 Å². The number of fused-ring (bicyclic) bond motifs is 1. The van der Waals surface area contributed by atoms with E-state index < -0.39 is 22.1 Å². The number of hydrogen-bond acceptors (Lipinski definition) is 7. The first kappa shape index (κ1) is 21.4. The van der Waals surface area contributed by atoms with E-state index in [1.165, 1.54) is 12.1 Å². The molecule has 29 heavy (non-hydrogen) atoms. The largest absolute Gasteiger partial charge is 0.486 e. The number of nitrogens with one attached hydrogen (secondary N) is 1. The van der Waals surface area contributed by atoms with Crippen molar-refractivity contribution < 1.29 is 32.2 Å². The standard InChI is InChI=1S/C19H26N2O7S/c1-14(19(23)21-9-2-3-10-21)28-18(22)5-4-8-20-29(24,25)15-6-7-16-17(13-15)27-12-11-26-16/h6-7,13-14,20H,2-5,8-12H2,1H3. The van der Waals surface area contributed by atoms with Gasteiger partial charge in [0, 0.05) is 32.1 Å². The lowest BCUT2D eigenvalue weighted by atomic mass is 10.3. The molecule has 0 aromatic heterocycles. The molecule has 9 nitrogen and oxygen atoms in total. The van der Waals surface area contributed by atoms with Crippen LogP contribution in [0, 0.1) is 0 Å². The van der Waals surface area contributed by atoms with Gasteiger partial charge in [0.1, 0.15) is 13.2 Å². The molecule has 160 valence electrons. The predicted molar refractivity (Wildman–Crippen MR) is 103 cm³/mol. The zero-order valence-corrected chi connectivity index (χ0v) is 17.2. The van der Waals surface area contributed by atoms with Gasteiger partial charge in [-0.1, -0.05) is 0 Å². The van der Waals surface area contributed by atoms with Crippen LogP contribution in [0.25, 0.3) is 0 Å². The number of hydrogen-bond donors (Lipinski definition) is 1. The highest BCUT2D eigenvalue weighted by molar-refractivity contribution is 7.89. The van der Waals surface area contributed by atoms with Crippen molar-refractivity contribution in [2.75, 3.05) is 32.8 Å². The quantitative estimate of drug-likeness (QED) is 0.489. The number of ether oxygens (including phenoxy) is 3. The summed E-state index contributed by atoms with van der Waals surface area (Å²) in [6, 6.07) is 4.41. The van der Waals surface area contributed by atoms with Crippen molar-refractivity contribution in [3.8, 4) is 11.5 Å². The first-order chi connectivity index (χ1) is 13.9. The van der Waals surface area contributed by atoms with Gasteiger partial charge in [0.2, 0.25) is 10.0 Å². The SMILES string of the molecule is CC(OC(=O)CCCNS(=O)(=O)c1ccc2c(c1)OCCO2)C(=O)N1CCCC1. The normalized spacial score (nSPS) is 17.1. The van der Waals surface area contributed by atoms with Crippen LogP contribution in [0.2, 0.25) is 0 Å². The van der Waals surface area contributed by atoms with Crippen LogP contribution in [0.1, 0.15) is 32.6 Å². The first-order valence-corrected chi connectivity index (χ1v) is 11.2. The Morgan fingerprint density at radius 3 is 2.59 bits per heavy atom. The summed E-state index contributed by atoms with van der Waals surface area (Å²) in [7, 11) is -3.74. The minimum atomic E-state index is -3.74. The van der Waals surface area contributed by atoms with Gasteiger partial charge in [0.25, 0.3) is 5.91 Å². The molecule has 2 heterocycles. The smallest absolute Gasteiger partial charge is 0.306 e. The van der Waals surface area contributed by atoms with Gasteiger partial charge < -0.3 is 19.1 Å². The lowest BCUT2D eigenvalue weighted by Gasteiger charge is -2.20. The molecule has 1 N–H and O–H groups in total. The van der Waals surface area contributed by atoms with E-state index in [1.54, 1.807) is 17.9 Å². The van der Waals surface area contributed by atoms with Crippen molar-refractivity contribution in [1.29, 1.82) is 0 Å². The third-order valence-electron chi connectivity index (χ3n) is 4.75. The number of nitrogens with zero attached hydrogens (tertiary/aromatic N) is 1. The highest BCUT2D eigenvalue weighted by Gasteiger charge is 2.26. The van der Waals surface area contributed by atoms with Crippen molar-refractivity contribution in [2.24, 2.45) is 0 Å². The Labute approximate surface area is 170 Å². The number of amides is 1. The molecule has 1 atom stereocenters. The number of likely N-dealkylation sites (tertiary alicyclic amines) is 1. The Morgan fingerprint density at radius 1 is 1.17 bits per heavy atom. The molecular weight excluding hydrogens is 400 g/mol. The van der Waals surface area contributed by atoms with Crippen LogP contribution in [0.15, 0.2) is 23.1 Å². The zero-order chi connectivity index (χ0) is 20.9. The summed E-state index contributed by atoms with van der Waals surface area (Å²) in [5.74, 6) is 0.189. The highest BCUT2D eigenvalue weighted by Crippen LogP contribution is 2.32. The monoisotopic (exact) mass is 426 g/mol. The first-order valence-electron chi connectivity index (χ1n) is 9.74. The lowest BCUT2D eigenvalue weighted by molar-refractivity contribution is -0.158. The van der Waals surface area contributed by atoms with Crippen LogP contribution < -0.4 is 14.2 Å². The van der Waals surface area contributed by atoms with Crippen LogP contribution in [0.5, 0.6) is 11.5 Å². The van der Waals surface area contributed by atoms with Crippen molar-refractivity contribution in [2.45, 2.75) is 43.6 Å². The van der Waals surface area contributed by atoms with Gasteiger partial charge in [-0.15, -0.1) is 0 Å². The van der Waals surface area contributed by atoms with Crippen LogP contribution in [-0.2, 0) is 24.3 Å². The van der Waals surface area contributed by atoms with Crippen molar-refractivity contribution in [3.05, 3.63) is 18.2 Å². The second-order valence-corrected chi connectivity index (χ2v) is 8.74. The molecule has 10 heteroatoms. The molecule has 0 radical (unpaired) electrons. The summed E-state index contributed by atoms with van der Waals surface area (Å²) < 4.78 is 43.2. The molecule has 1 aromatic carbocycles. The van der Waals surface area contributed by atoms with Gasteiger partial charge in [-0.05, 0) is 38.3 Å². The van der Waals surface area contributed by atoms with Crippen LogP contribution in [0.4, 0.5) is 0 Å². The molecule has 1 unspecified atom stereocenters. The predicted octanol–water partition coefficient (Wildman–Crippen LogP) is 1.07. The molecule has 0 spiro atoms. The van der Waals surface area contributed by atoms with E-state index in [-0.39, 0.29) is 30.2 Å². The maximum absolute atomic E-state index is 12.4. The second kappa shape index (κ2) is 9.45. The van der Waals surface area contributed by atoms with Crippen LogP contribution >= 0.6 is 0 Å². The molecule has 1 amide bonds. The summed E-state index contributed by atoms with van der Waals surface area (Å²) >= 11 is 0. The maximum Gasteiger partial charge on any atom is 0.306 e. The zero-order valence-electron chi connectivity index (χ0n) is 16.4. The average Bonchev–Trinajstić information content (AvgIpc) is 3.25. The highest BCUT2D eigenvalue weighted by atomic mass is 32.2. The molecule has 3 rings (SSSR count). The Morgan fingerprint density at radius 2 is 1.86 bits per heavy atom. The van der Waals surface area contributed by atoms with E-state index in [0.29, 0.717) is 37.8 Å². The van der Waals surface area contributed by atoms with Crippen LogP contribution in [-0.4, -0.2) is 64.1 Å². The summed E-state index contributed by atoms with van der Waals surface area (Å²) in [5, 5.41) is 0. The number of carbonyl (C=O) groups excluding carboxylic acids is 2. The third kappa shape index (κ3) is 5.60. The van der Waals surface area contributed by atoms with E-state index in [9.17, 15) is 18.0 Å². The van der Waals surface area contributed by atoms with Gasteiger partial charge in [-0.25, -0.2) is 13.1 Å². The van der Waals surface area contributed by atoms with E-state index in [0.717, 1.165) is 12.8 Å². The number of carbonyl (C=O) groups is 2. The Balaban J connectivity index is 1.42. The fourth-order valence-corrected chi connectivity index (χ4v) is 4.30. The molecular formula is C19H26N2O7S. The van der Waals surface area contributed by atoms with E-state index in [2.05, 4.69) is 4.72 Å². The van der Waals surface area contributed by atoms with Gasteiger partial charge in [-0.2, -0.15) is 0 Å². The fraction of sp³-hybridized carbons (Fsp3) is 0.579. The molecule has 1 fully saturated rings. The number of benzene rings is 1. The third-order valence-corrected chi connectivity index (χ3v) is 6.21. The van der Waals surface area contributed by atoms with Crippen molar-refractivity contribution >= 4 is 21.9 Å². The summed E-state index contributed by atoms with van der Waals surface area (Å²) in [6.45, 7) is 3.81. The molecule has 0 saturated carbocycles. The number of sulfonamides is 1. The lowest BCUT2D eigenvalue weighted by Crippen LogP contribution is -2.38. The van der Waals surface area contributed by atoms with Gasteiger partial charge in [-0.3, -0.25) is 9.59 Å². The Bertz CT molecular complexity index is 850. The summed E-state index contributed by atoms with van der Waals surface area (Å²) in [5.41, 5.74) is 0. The molecule has 1 aromatic rings. The van der Waals surface area contributed by atoms with Crippen molar-refractivity contribution in [3.63, 3.8) is 0 Å².